The van der Waals surface area contributed by atoms with E-state index in [-0.39, 0.29) is 0 Å². The lowest BCUT2D eigenvalue weighted by Gasteiger charge is -2.03. The molecule has 0 saturated heterocycles. The van der Waals surface area contributed by atoms with Crippen molar-refractivity contribution in [3.8, 4) is 11.3 Å². The summed E-state index contributed by atoms with van der Waals surface area (Å²) in [5.74, 6) is 0. The van der Waals surface area contributed by atoms with Crippen molar-refractivity contribution in [1.82, 2.24) is 4.98 Å². The van der Waals surface area contributed by atoms with Gasteiger partial charge in [-0.1, -0.05) is 43.7 Å². The molecule has 1 amide bonds. The Labute approximate surface area is 116 Å². The van der Waals surface area contributed by atoms with Crippen molar-refractivity contribution in [2.45, 2.75) is 19.8 Å². The number of aromatic nitrogens is 1. The Balaban J connectivity index is 1.93. The number of carbonyl (C=O) groups excluding carboxylic acids is 1. The second kappa shape index (κ2) is 6.89. The lowest BCUT2D eigenvalue weighted by molar-refractivity contribution is 0.160. The molecule has 0 radical (unpaired) electrons. The molecule has 1 N–H and O–H groups in total. The van der Waals surface area contributed by atoms with E-state index in [2.05, 4.69) is 10.3 Å². The molecule has 2 rings (SSSR count). The van der Waals surface area contributed by atoms with Crippen molar-refractivity contribution in [3.63, 3.8) is 0 Å². The van der Waals surface area contributed by atoms with Crippen LogP contribution in [0.1, 0.15) is 19.8 Å². The maximum atomic E-state index is 11.5. The van der Waals surface area contributed by atoms with E-state index >= 15 is 0 Å². The van der Waals surface area contributed by atoms with Gasteiger partial charge < -0.3 is 4.74 Å². The molecule has 0 aliphatic rings. The molecule has 2 aromatic rings. The van der Waals surface area contributed by atoms with Crippen molar-refractivity contribution in [1.29, 1.82) is 0 Å². The standard InChI is InChI=1S/C14H16N2O2S/c1-2-3-9-18-14(17)16-13-15-12(10-19-13)11-7-5-4-6-8-11/h4-8,10H,2-3,9H2,1H3,(H,15,16,17). The average Bonchev–Trinajstić information content (AvgIpc) is 2.88. The van der Waals surface area contributed by atoms with E-state index in [9.17, 15) is 4.79 Å². The molecule has 5 heteroatoms. The molecule has 0 aliphatic heterocycles. The van der Waals surface area contributed by atoms with Crippen molar-refractivity contribution in [3.05, 3.63) is 35.7 Å². The Kier molecular flexibility index (Phi) is 4.92. The van der Waals surface area contributed by atoms with Crippen LogP contribution in [0.5, 0.6) is 0 Å². The molecule has 0 fully saturated rings. The first-order valence-corrected chi connectivity index (χ1v) is 7.12. The predicted molar refractivity (Wildman–Crippen MR) is 77.4 cm³/mol. The molecule has 0 bridgehead atoms. The molecule has 100 valence electrons. The Bertz CT molecular complexity index is 525. The Morgan fingerprint density at radius 1 is 1.37 bits per heavy atom. The van der Waals surface area contributed by atoms with E-state index in [1.54, 1.807) is 0 Å². The molecule has 0 atom stereocenters. The van der Waals surface area contributed by atoms with Gasteiger partial charge in [0.05, 0.1) is 12.3 Å². The number of hydrogen-bond donors (Lipinski definition) is 1. The summed E-state index contributed by atoms with van der Waals surface area (Å²) in [6, 6.07) is 9.85. The van der Waals surface area contributed by atoms with Crippen molar-refractivity contribution in [2.75, 3.05) is 11.9 Å². The molecule has 4 nitrogen and oxygen atoms in total. The summed E-state index contributed by atoms with van der Waals surface area (Å²) in [6.07, 6.45) is 1.44. The van der Waals surface area contributed by atoms with Crippen LogP contribution >= 0.6 is 11.3 Å². The first-order chi connectivity index (χ1) is 9.29. The number of thiazole rings is 1. The summed E-state index contributed by atoms with van der Waals surface area (Å²) in [4.78, 5) is 15.8. The third-order valence-corrected chi connectivity index (χ3v) is 3.27. The summed E-state index contributed by atoms with van der Waals surface area (Å²) in [5, 5.41) is 5.11. The molecule has 1 aromatic carbocycles. The third-order valence-electron chi connectivity index (χ3n) is 2.51. The SMILES string of the molecule is CCCCOC(=O)Nc1nc(-c2ccccc2)cs1. The zero-order valence-corrected chi connectivity index (χ0v) is 11.6. The Morgan fingerprint density at radius 2 is 2.16 bits per heavy atom. The number of unbranched alkanes of at least 4 members (excludes halogenated alkanes) is 1. The van der Waals surface area contributed by atoms with Crippen LogP contribution in [0.4, 0.5) is 9.93 Å². The van der Waals surface area contributed by atoms with Gasteiger partial charge in [0.1, 0.15) is 0 Å². The lowest BCUT2D eigenvalue weighted by atomic mass is 10.2. The molecule has 0 spiro atoms. The number of amides is 1. The average molecular weight is 276 g/mol. The summed E-state index contributed by atoms with van der Waals surface area (Å²) >= 11 is 1.39. The fourth-order valence-corrected chi connectivity index (χ4v) is 2.21. The second-order valence-corrected chi connectivity index (χ2v) is 4.88. The summed E-state index contributed by atoms with van der Waals surface area (Å²) in [6.45, 7) is 2.49. The minimum absolute atomic E-state index is 0.442. The largest absolute Gasteiger partial charge is 0.449 e. The van der Waals surface area contributed by atoms with Gasteiger partial charge in [-0.15, -0.1) is 11.3 Å². The van der Waals surface area contributed by atoms with Gasteiger partial charge in [-0.3, -0.25) is 5.32 Å². The second-order valence-electron chi connectivity index (χ2n) is 4.02. The normalized spacial score (nSPS) is 10.2. The maximum absolute atomic E-state index is 11.5. The minimum Gasteiger partial charge on any atom is -0.449 e. The van der Waals surface area contributed by atoms with Gasteiger partial charge in [0.25, 0.3) is 0 Å². The van der Waals surface area contributed by atoms with Crippen molar-refractivity contribution >= 4 is 22.6 Å². The molecule has 1 heterocycles. The molecule has 0 aliphatic carbocycles. The number of nitrogens with zero attached hydrogens (tertiary/aromatic N) is 1. The van der Waals surface area contributed by atoms with Crippen LogP contribution in [-0.4, -0.2) is 17.7 Å². The fourth-order valence-electron chi connectivity index (χ4n) is 1.51. The summed E-state index contributed by atoms with van der Waals surface area (Å²) < 4.78 is 5.02. The van der Waals surface area contributed by atoms with Gasteiger partial charge in [0.15, 0.2) is 5.13 Å². The first-order valence-electron chi connectivity index (χ1n) is 6.24. The molecular formula is C14H16N2O2S. The zero-order chi connectivity index (χ0) is 13.5. The van der Waals surface area contributed by atoms with E-state index < -0.39 is 6.09 Å². The highest BCUT2D eigenvalue weighted by molar-refractivity contribution is 7.14. The number of nitrogens with one attached hydrogen (secondary N) is 1. The number of anilines is 1. The van der Waals surface area contributed by atoms with Gasteiger partial charge in [-0.05, 0) is 6.42 Å². The number of ether oxygens (including phenoxy) is 1. The number of hydrogen-bond acceptors (Lipinski definition) is 4. The summed E-state index contributed by atoms with van der Waals surface area (Å²) in [5.41, 5.74) is 1.89. The summed E-state index contributed by atoms with van der Waals surface area (Å²) in [7, 11) is 0. The monoisotopic (exact) mass is 276 g/mol. The smallest absolute Gasteiger partial charge is 0.413 e. The predicted octanol–water partition coefficient (Wildman–Crippen LogP) is 4.16. The van der Waals surface area contributed by atoms with Crippen LogP contribution in [0.3, 0.4) is 0 Å². The zero-order valence-electron chi connectivity index (χ0n) is 10.8. The maximum Gasteiger partial charge on any atom is 0.413 e. The Hall–Kier alpha value is -1.88. The molecule has 19 heavy (non-hydrogen) atoms. The first kappa shape index (κ1) is 13.5. The van der Waals surface area contributed by atoms with Crippen molar-refractivity contribution < 1.29 is 9.53 Å². The van der Waals surface area contributed by atoms with Crippen LogP contribution < -0.4 is 5.32 Å². The molecule has 0 unspecified atom stereocenters. The van der Waals surface area contributed by atoms with Crippen LogP contribution in [0.25, 0.3) is 11.3 Å². The van der Waals surface area contributed by atoms with Crippen molar-refractivity contribution in [2.24, 2.45) is 0 Å². The van der Waals surface area contributed by atoms with Crippen LogP contribution in [0, 0.1) is 0 Å². The third kappa shape index (κ3) is 4.06. The molecular weight excluding hydrogens is 260 g/mol. The van der Waals surface area contributed by atoms with Crippen LogP contribution in [-0.2, 0) is 4.74 Å². The minimum atomic E-state index is -0.442. The van der Waals surface area contributed by atoms with Gasteiger partial charge in [-0.2, -0.15) is 0 Å². The number of benzene rings is 1. The van der Waals surface area contributed by atoms with E-state index in [1.807, 2.05) is 42.6 Å². The fraction of sp³-hybridized carbons (Fsp3) is 0.286. The van der Waals surface area contributed by atoms with Gasteiger partial charge in [0, 0.05) is 10.9 Å². The Morgan fingerprint density at radius 3 is 2.89 bits per heavy atom. The van der Waals surface area contributed by atoms with Crippen LogP contribution in [0.2, 0.25) is 0 Å². The number of carbonyl (C=O) groups is 1. The molecule has 1 aromatic heterocycles. The number of rotatable bonds is 5. The lowest BCUT2D eigenvalue weighted by Crippen LogP contribution is -2.14. The van der Waals surface area contributed by atoms with Gasteiger partial charge in [0.2, 0.25) is 0 Å². The van der Waals surface area contributed by atoms with Crippen LogP contribution in [0.15, 0.2) is 35.7 Å². The highest BCUT2D eigenvalue weighted by Crippen LogP contribution is 2.24. The van der Waals surface area contributed by atoms with E-state index in [0.717, 1.165) is 24.1 Å². The highest BCUT2D eigenvalue weighted by atomic mass is 32.1. The topological polar surface area (TPSA) is 51.2 Å². The quantitative estimate of drug-likeness (QED) is 0.834. The molecule has 0 saturated carbocycles. The van der Waals surface area contributed by atoms with E-state index in [4.69, 9.17) is 4.74 Å². The highest BCUT2D eigenvalue weighted by Gasteiger charge is 2.08. The van der Waals surface area contributed by atoms with E-state index in [0.29, 0.717) is 11.7 Å². The van der Waals surface area contributed by atoms with Gasteiger partial charge >= 0.3 is 6.09 Å². The van der Waals surface area contributed by atoms with E-state index in [1.165, 1.54) is 11.3 Å². The van der Waals surface area contributed by atoms with Gasteiger partial charge in [-0.25, -0.2) is 9.78 Å².